The highest BCUT2D eigenvalue weighted by atomic mass is 16.5. The summed E-state index contributed by atoms with van der Waals surface area (Å²) in [5.41, 5.74) is 1.22. The van der Waals surface area contributed by atoms with Gasteiger partial charge in [0.2, 0.25) is 5.91 Å². The molecule has 0 aliphatic carbocycles. The number of carboxylic acid groups (broad SMARTS) is 1. The van der Waals surface area contributed by atoms with Crippen LogP contribution < -0.4 is 10.1 Å². The van der Waals surface area contributed by atoms with Gasteiger partial charge in [0.15, 0.2) is 0 Å². The monoisotopic (exact) mass is 355 g/mol. The number of hydrogen-bond acceptors (Lipinski definition) is 4. The van der Waals surface area contributed by atoms with E-state index in [4.69, 9.17) is 9.47 Å². The largest absolute Gasteiger partial charge is 0.491 e. The molecule has 1 amide bonds. The first kappa shape index (κ1) is 17.9. The number of amides is 1. The van der Waals surface area contributed by atoms with Crippen molar-refractivity contribution in [3.63, 3.8) is 0 Å². The van der Waals surface area contributed by atoms with Gasteiger partial charge in [0.1, 0.15) is 12.4 Å². The third kappa shape index (κ3) is 4.83. The molecule has 0 saturated carbocycles. The zero-order valence-corrected chi connectivity index (χ0v) is 14.3. The SMILES string of the molecule is O=C(Cc1ccccc1C(=O)O)Nc1cccc(OC[C@H]2CCCO2)c1. The lowest BCUT2D eigenvalue weighted by molar-refractivity contribution is -0.115. The molecular weight excluding hydrogens is 334 g/mol. The topological polar surface area (TPSA) is 84.9 Å². The fraction of sp³-hybridized carbons (Fsp3) is 0.300. The van der Waals surface area contributed by atoms with Gasteiger partial charge in [-0.3, -0.25) is 4.79 Å². The van der Waals surface area contributed by atoms with Crippen molar-refractivity contribution in [1.29, 1.82) is 0 Å². The van der Waals surface area contributed by atoms with Gasteiger partial charge in [0.05, 0.1) is 18.1 Å². The van der Waals surface area contributed by atoms with Gasteiger partial charge < -0.3 is 19.9 Å². The Bertz CT molecular complexity index is 783. The summed E-state index contributed by atoms with van der Waals surface area (Å²) in [4.78, 5) is 23.5. The molecule has 1 heterocycles. The Morgan fingerprint density at radius 2 is 2.04 bits per heavy atom. The van der Waals surface area contributed by atoms with Crippen molar-refractivity contribution < 1.29 is 24.2 Å². The van der Waals surface area contributed by atoms with Gasteiger partial charge in [-0.15, -0.1) is 0 Å². The Hall–Kier alpha value is -2.86. The molecule has 3 rings (SSSR count). The van der Waals surface area contributed by atoms with Crippen LogP contribution in [0.3, 0.4) is 0 Å². The zero-order chi connectivity index (χ0) is 18.4. The van der Waals surface area contributed by atoms with E-state index in [9.17, 15) is 14.7 Å². The van der Waals surface area contributed by atoms with Crippen LogP contribution in [0.25, 0.3) is 0 Å². The molecule has 2 N–H and O–H groups in total. The van der Waals surface area contributed by atoms with Crippen LogP contribution in [0.2, 0.25) is 0 Å². The standard InChI is InChI=1S/C20H21NO5/c22-19(11-14-5-1-2-9-18(14)20(23)24)21-15-6-3-7-16(12-15)26-13-17-8-4-10-25-17/h1-3,5-7,9,12,17H,4,8,10-11,13H2,(H,21,22)(H,23,24)/t17-/m1/s1. The van der Waals surface area contributed by atoms with Gasteiger partial charge in [-0.25, -0.2) is 4.79 Å². The molecule has 1 fully saturated rings. The molecule has 0 spiro atoms. The predicted octanol–water partition coefficient (Wildman–Crippen LogP) is 3.12. The van der Waals surface area contributed by atoms with Crippen LogP contribution in [0.1, 0.15) is 28.8 Å². The molecular formula is C20H21NO5. The Kier molecular flexibility index (Phi) is 5.86. The zero-order valence-electron chi connectivity index (χ0n) is 14.3. The van der Waals surface area contributed by atoms with Gasteiger partial charge in [-0.2, -0.15) is 0 Å². The molecule has 0 aromatic heterocycles. The van der Waals surface area contributed by atoms with Crippen molar-refractivity contribution >= 4 is 17.6 Å². The first-order valence-electron chi connectivity index (χ1n) is 8.57. The number of carbonyl (C=O) groups excluding carboxylic acids is 1. The van der Waals surface area contributed by atoms with E-state index in [1.54, 1.807) is 36.4 Å². The van der Waals surface area contributed by atoms with E-state index in [0.717, 1.165) is 19.4 Å². The summed E-state index contributed by atoms with van der Waals surface area (Å²) in [7, 11) is 0. The molecule has 1 aliphatic rings. The second-order valence-electron chi connectivity index (χ2n) is 6.16. The number of hydrogen-bond donors (Lipinski definition) is 2. The molecule has 1 aliphatic heterocycles. The lowest BCUT2D eigenvalue weighted by Gasteiger charge is -2.13. The average Bonchev–Trinajstić information content (AvgIpc) is 3.14. The van der Waals surface area contributed by atoms with Crippen LogP contribution in [0, 0.1) is 0 Å². The number of ether oxygens (including phenoxy) is 2. The minimum absolute atomic E-state index is 0.0104. The maximum atomic E-state index is 12.3. The third-order valence-corrected chi connectivity index (χ3v) is 4.18. The van der Waals surface area contributed by atoms with Crippen LogP contribution in [0.5, 0.6) is 5.75 Å². The molecule has 6 heteroatoms. The number of benzene rings is 2. The highest BCUT2D eigenvalue weighted by Gasteiger charge is 2.16. The normalized spacial score (nSPS) is 16.2. The quantitative estimate of drug-likeness (QED) is 0.797. The minimum Gasteiger partial charge on any atom is -0.491 e. The Morgan fingerprint density at radius 3 is 2.81 bits per heavy atom. The first-order valence-corrected chi connectivity index (χ1v) is 8.57. The molecule has 1 saturated heterocycles. The average molecular weight is 355 g/mol. The number of nitrogens with one attached hydrogen (secondary N) is 1. The summed E-state index contributed by atoms with van der Waals surface area (Å²) in [5.74, 6) is -0.669. The van der Waals surface area contributed by atoms with Crippen LogP contribution in [-0.2, 0) is 16.0 Å². The van der Waals surface area contributed by atoms with Crippen LogP contribution >= 0.6 is 0 Å². The summed E-state index contributed by atoms with van der Waals surface area (Å²) in [6.45, 7) is 1.27. The molecule has 6 nitrogen and oxygen atoms in total. The Labute approximate surface area is 151 Å². The number of carbonyl (C=O) groups is 2. The van der Waals surface area contributed by atoms with Crippen LogP contribution in [0.15, 0.2) is 48.5 Å². The van der Waals surface area contributed by atoms with Gasteiger partial charge in [-0.05, 0) is 36.6 Å². The molecule has 0 bridgehead atoms. The highest BCUT2D eigenvalue weighted by Crippen LogP contribution is 2.20. The van der Waals surface area contributed by atoms with Crippen molar-refractivity contribution in [2.75, 3.05) is 18.5 Å². The van der Waals surface area contributed by atoms with Gasteiger partial charge in [-0.1, -0.05) is 24.3 Å². The maximum Gasteiger partial charge on any atom is 0.335 e. The summed E-state index contributed by atoms with van der Waals surface area (Å²) in [5, 5.41) is 12.0. The smallest absolute Gasteiger partial charge is 0.335 e. The van der Waals surface area contributed by atoms with Crippen LogP contribution in [0.4, 0.5) is 5.69 Å². The Morgan fingerprint density at radius 1 is 1.19 bits per heavy atom. The summed E-state index contributed by atoms with van der Waals surface area (Å²) >= 11 is 0. The molecule has 136 valence electrons. The van der Waals surface area contributed by atoms with Crippen LogP contribution in [-0.4, -0.2) is 36.3 Å². The second-order valence-corrected chi connectivity index (χ2v) is 6.16. The van der Waals surface area contributed by atoms with Gasteiger partial charge >= 0.3 is 5.97 Å². The summed E-state index contributed by atoms with van der Waals surface area (Å²) in [6.07, 6.45) is 2.17. The molecule has 2 aromatic carbocycles. The van der Waals surface area contributed by atoms with E-state index >= 15 is 0 Å². The maximum absolute atomic E-state index is 12.3. The van der Waals surface area contributed by atoms with Crippen molar-refractivity contribution in [3.8, 4) is 5.75 Å². The van der Waals surface area contributed by atoms with E-state index in [-0.39, 0.29) is 24.0 Å². The lowest BCUT2D eigenvalue weighted by atomic mass is 10.0. The van der Waals surface area contributed by atoms with Gasteiger partial charge in [0, 0.05) is 18.4 Å². The van der Waals surface area contributed by atoms with E-state index in [1.165, 1.54) is 6.07 Å². The van der Waals surface area contributed by atoms with Crippen molar-refractivity contribution in [3.05, 3.63) is 59.7 Å². The summed E-state index contributed by atoms with van der Waals surface area (Å²) in [6, 6.07) is 13.6. The first-order chi connectivity index (χ1) is 12.6. The molecule has 0 radical (unpaired) electrons. The highest BCUT2D eigenvalue weighted by molar-refractivity contribution is 5.96. The fourth-order valence-corrected chi connectivity index (χ4v) is 2.89. The number of carboxylic acids is 1. The van der Waals surface area contributed by atoms with Crippen molar-refractivity contribution in [2.24, 2.45) is 0 Å². The number of anilines is 1. The molecule has 2 aromatic rings. The fourth-order valence-electron chi connectivity index (χ4n) is 2.89. The third-order valence-electron chi connectivity index (χ3n) is 4.18. The molecule has 0 unspecified atom stereocenters. The molecule has 26 heavy (non-hydrogen) atoms. The minimum atomic E-state index is -1.04. The van der Waals surface area contributed by atoms with E-state index in [2.05, 4.69) is 5.32 Å². The second kappa shape index (κ2) is 8.49. The summed E-state index contributed by atoms with van der Waals surface area (Å²) < 4.78 is 11.3. The van der Waals surface area contributed by atoms with Crippen molar-refractivity contribution in [2.45, 2.75) is 25.4 Å². The van der Waals surface area contributed by atoms with E-state index < -0.39 is 5.97 Å². The number of rotatable bonds is 7. The number of aromatic carboxylic acids is 1. The van der Waals surface area contributed by atoms with Gasteiger partial charge in [0.25, 0.3) is 0 Å². The van der Waals surface area contributed by atoms with Crippen molar-refractivity contribution in [1.82, 2.24) is 0 Å². The van der Waals surface area contributed by atoms with E-state index in [1.807, 2.05) is 6.07 Å². The lowest BCUT2D eigenvalue weighted by Crippen LogP contribution is -2.17. The Balaban J connectivity index is 1.59. The predicted molar refractivity (Wildman–Crippen MR) is 96.6 cm³/mol. The molecule has 1 atom stereocenters. The van der Waals surface area contributed by atoms with E-state index in [0.29, 0.717) is 23.6 Å².